The summed E-state index contributed by atoms with van der Waals surface area (Å²) in [7, 11) is 0. The highest BCUT2D eigenvalue weighted by atomic mass is 16.6. The fraction of sp³-hybridized carbons (Fsp3) is 0.800. The molecule has 0 radical (unpaired) electrons. The summed E-state index contributed by atoms with van der Waals surface area (Å²) in [4.78, 5) is 50.7. The third-order valence-corrected chi connectivity index (χ3v) is 5.21. The zero-order valence-corrected chi connectivity index (χ0v) is 17.7. The molecule has 0 aromatic rings. The molecule has 1 heterocycles. The maximum Gasteiger partial charge on any atom is 0.411 e. The maximum absolute atomic E-state index is 12.9. The first-order valence-corrected chi connectivity index (χ1v) is 10.3. The van der Waals surface area contributed by atoms with Crippen LogP contribution >= 0.6 is 0 Å². The number of hydrogen-bond donors (Lipinski definition) is 2. The van der Waals surface area contributed by atoms with Crippen molar-refractivity contribution in [1.82, 2.24) is 10.2 Å². The van der Waals surface area contributed by atoms with Crippen LogP contribution in [0.25, 0.3) is 0 Å². The number of hydrogen-bond acceptors (Lipinski definition) is 6. The van der Waals surface area contributed by atoms with Gasteiger partial charge in [-0.2, -0.15) is 0 Å². The molecule has 29 heavy (non-hydrogen) atoms. The minimum atomic E-state index is -0.957. The van der Waals surface area contributed by atoms with Gasteiger partial charge in [0.1, 0.15) is 23.5 Å². The normalized spacial score (nSPS) is 25.7. The monoisotopic (exact) mass is 411 g/mol. The summed E-state index contributed by atoms with van der Waals surface area (Å²) in [5.74, 6) is -1.36. The standard InChI is InChI=1S/C20H33N3O6/c1-5-28-13-10-15(23(11-13)19(27)29-20(2,3)4)18(26)22-14(17(21)25)9-12-7-6-8-16(12)24/h12-15H,5-11H2,1-4H3,(H2,21,25)(H,22,26)/t12-,13+,14-,15-/m0/s1. The van der Waals surface area contributed by atoms with Crippen molar-refractivity contribution >= 4 is 23.7 Å². The third kappa shape index (κ3) is 6.42. The fourth-order valence-corrected chi connectivity index (χ4v) is 3.86. The van der Waals surface area contributed by atoms with E-state index < -0.39 is 35.6 Å². The molecule has 9 nitrogen and oxygen atoms in total. The number of ketones is 1. The van der Waals surface area contributed by atoms with Gasteiger partial charge in [-0.15, -0.1) is 0 Å². The molecule has 1 saturated carbocycles. The topological polar surface area (TPSA) is 128 Å². The van der Waals surface area contributed by atoms with Gasteiger partial charge in [0.25, 0.3) is 0 Å². The fourth-order valence-electron chi connectivity index (χ4n) is 3.86. The summed E-state index contributed by atoms with van der Waals surface area (Å²) in [6, 6.07) is -1.79. The molecule has 0 unspecified atom stereocenters. The molecule has 0 aromatic heterocycles. The van der Waals surface area contributed by atoms with Gasteiger partial charge in [-0.25, -0.2) is 4.79 Å². The van der Waals surface area contributed by atoms with E-state index in [2.05, 4.69) is 5.32 Å². The molecule has 1 aliphatic carbocycles. The Balaban J connectivity index is 2.09. The molecule has 9 heteroatoms. The van der Waals surface area contributed by atoms with Gasteiger partial charge in [-0.3, -0.25) is 19.3 Å². The molecule has 0 bridgehead atoms. The van der Waals surface area contributed by atoms with E-state index in [0.717, 1.165) is 6.42 Å². The van der Waals surface area contributed by atoms with Gasteiger partial charge in [0, 0.05) is 25.4 Å². The van der Waals surface area contributed by atoms with Crippen molar-refractivity contribution in [2.75, 3.05) is 13.2 Å². The SMILES string of the molecule is CCO[C@@H]1C[C@@H](C(=O)N[C@@H](C[C@@H]2CCCC2=O)C(N)=O)N(C(=O)OC(C)(C)C)C1. The van der Waals surface area contributed by atoms with Crippen LogP contribution in [0.4, 0.5) is 4.79 Å². The maximum atomic E-state index is 12.9. The minimum absolute atomic E-state index is 0.0955. The van der Waals surface area contributed by atoms with Crippen molar-refractivity contribution in [3.8, 4) is 0 Å². The Bertz CT molecular complexity index is 645. The summed E-state index contributed by atoms with van der Waals surface area (Å²) in [6.45, 7) is 7.76. The van der Waals surface area contributed by atoms with Crippen molar-refractivity contribution in [3.05, 3.63) is 0 Å². The van der Waals surface area contributed by atoms with Gasteiger partial charge in [-0.1, -0.05) is 0 Å². The Morgan fingerprint density at radius 2 is 2.00 bits per heavy atom. The van der Waals surface area contributed by atoms with Gasteiger partial charge in [0.2, 0.25) is 11.8 Å². The summed E-state index contributed by atoms with van der Waals surface area (Å²) in [5, 5.41) is 2.65. The zero-order valence-electron chi connectivity index (χ0n) is 17.7. The molecule has 4 atom stereocenters. The van der Waals surface area contributed by atoms with E-state index in [-0.39, 0.29) is 30.8 Å². The molecule has 3 N–H and O–H groups in total. The largest absolute Gasteiger partial charge is 0.444 e. The van der Waals surface area contributed by atoms with Crippen molar-refractivity contribution < 1.29 is 28.7 Å². The Kier molecular flexibility index (Phi) is 7.62. The van der Waals surface area contributed by atoms with E-state index in [1.54, 1.807) is 20.8 Å². The molecule has 1 aliphatic heterocycles. The van der Waals surface area contributed by atoms with Crippen LogP contribution < -0.4 is 11.1 Å². The van der Waals surface area contributed by atoms with Crippen LogP contribution in [-0.2, 0) is 23.9 Å². The second-order valence-corrected chi connectivity index (χ2v) is 8.72. The van der Waals surface area contributed by atoms with E-state index >= 15 is 0 Å². The Morgan fingerprint density at radius 1 is 1.31 bits per heavy atom. The number of ether oxygens (including phenoxy) is 2. The smallest absolute Gasteiger partial charge is 0.411 e. The first-order valence-electron chi connectivity index (χ1n) is 10.3. The number of rotatable bonds is 7. The van der Waals surface area contributed by atoms with E-state index in [9.17, 15) is 19.2 Å². The number of nitrogens with zero attached hydrogens (tertiary/aromatic N) is 1. The summed E-state index contributed by atoms with van der Waals surface area (Å²) < 4.78 is 11.0. The first kappa shape index (κ1) is 23.1. The van der Waals surface area contributed by atoms with Crippen molar-refractivity contribution in [2.45, 2.75) is 83.6 Å². The number of Topliss-reactive ketones (excluding diaryl/α,β-unsaturated/α-hetero) is 1. The van der Waals surface area contributed by atoms with E-state index in [0.29, 0.717) is 25.9 Å². The van der Waals surface area contributed by atoms with E-state index in [4.69, 9.17) is 15.2 Å². The van der Waals surface area contributed by atoms with Gasteiger partial charge in [-0.05, 0) is 47.0 Å². The predicted molar refractivity (Wildman–Crippen MR) is 105 cm³/mol. The average Bonchev–Trinajstić information content (AvgIpc) is 3.19. The molecule has 0 spiro atoms. The van der Waals surface area contributed by atoms with Crippen LogP contribution in [0.3, 0.4) is 0 Å². The number of nitrogens with two attached hydrogens (primary N) is 1. The quantitative estimate of drug-likeness (QED) is 0.646. The highest BCUT2D eigenvalue weighted by Gasteiger charge is 2.43. The predicted octanol–water partition coefficient (Wildman–Crippen LogP) is 1.13. The van der Waals surface area contributed by atoms with Crippen LogP contribution in [0.2, 0.25) is 0 Å². The van der Waals surface area contributed by atoms with Crippen LogP contribution in [0, 0.1) is 5.92 Å². The number of carbonyl (C=O) groups excluding carboxylic acids is 4. The van der Waals surface area contributed by atoms with Crippen molar-refractivity contribution in [1.29, 1.82) is 0 Å². The summed E-state index contributed by atoms with van der Waals surface area (Å²) in [6.07, 6.45) is 1.55. The Labute approximate surface area is 171 Å². The zero-order chi connectivity index (χ0) is 21.8. The molecule has 3 amide bonds. The van der Waals surface area contributed by atoms with Crippen LogP contribution in [0.15, 0.2) is 0 Å². The molecule has 1 saturated heterocycles. The third-order valence-electron chi connectivity index (χ3n) is 5.21. The van der Waals surface area contributed by atoms with Gasteiger partial charge in [0.05, 0.1) is 12.6 Å². The van der Waals surface area contributed by atoms with Gasteiger partial charge in [0.15, 0.2) is 0 Å². The number of carbonyl (C=O) groups is 4. The molecule has 2 rings (SSSR count). The molecule has 2 fully saturated rings. The van der Waals surface area contributed by atoms with Crippen molar-refractivity contribution in [2.24, 2.45) is 11.7 Å². The molecular weight excluding hydrogens is 378 g/mol. The number of amides is 3. The molecule has 164 valence electrons. The van der Waals surface area contributed by atoms with Gasteiger partial charge < -0.3 is 20.5 Å². The first-order chi connectivity index (χ1) is 13.5. The van der Waals surface area contributed by atoms with E-state index in [1.165, 1.54) is 4.90 Å². The van der Waals surface area contributed by atoms with Crippen LogP contribution in [0.5, 0.6) is 0 Å². The molecule has 0 aromatic carbocycles. The lowest BCUT2D eigenvalue weighted by Crippen LogP contribution is -2.53. The Hall–Kier alpha value is -2.16. The van der Waals surface area contributed by atoms with Crippen LogP contribution in [-0.4, -0.2) is 65.5 Å². The lowest BCUT2D eigenvalue weighted by Gasteiger charge is -2.29. The number of primary amides is 1. The van der Waals surface area contributed by atoms with Crippen LogP contribution in [0.1, 0.15) is 59.8 Å². The molecular formula is C20H33N3O6. The lowest BCUT2D eigenvalue weighted by molar-refractivity contribution is -0.131. The molecule has 2 aliphatic rings. The number of nitrogens with one attached hydrogen (secondary N) is 1. The minimum Gasteiger partial charge on any atom is -0.444 e. The highest BCUT2D eigenvalue weighted by molar-refractivity contribution is 5.92. The van der Waals surface area contributed by atoms with Crippen molar-refractivity contribution in [3.63, 3.8) is 0 Å². The number of likely N-dealkylation sites (tertiary alicyclic amines) is 1. The summed E-state index contributed by atoms with van der Waals surface area (Å²) >= 11 is 0. The highest BCUT2D eigenvalue weighted by Crippen LogP contribution is 2.27. The van der Waals surface area contributed by atoms with Gasteiger partial charge >= 0.3 is 6.09 Å². The second kappa shape index (κ2) is 9.56. The Morgan fingerprint density at radius 3 is 2.52 bits per heavy atom. The lowest BCUT2D eigenvalue weighted by atomic mass is 9.96. The summed E-state index contributed by atoms with van der Waals surface area (Å²) in [5.41, 5.74) is 4.76. The average molecular weight is 411 g/mol. The van der Waals surface area contributed by atoms with E-state index in [1.807, 2.05) is 6.92 Å². The second-order valence-electron chi connectivity index (χ2n) is 8.72.